The number of carbonyl (C=O) groups is 4. The molecular formula is C23H26N2O8. The molecule has 1 atom stereocenters. The summed E-state index contributed by atoms with van der Waals surface area (Å²) in [6.45, 7) is 4.88. The highest BCUT2D eigenvalue weighted by atomic mass is 16.6. The Morgan fingerprint density at radius 1 is 0.970 bits per heavy atom. The van der Waals surface area contributed by atoms with E-state index in [0.29, 0.717) is 5.69 Å². The van der Waals surface area contributed by atoms with Crippen molar-refractivity contribution in [3.8, 4) is 0 Å². The average Bonchev–Trinajstić information content (AvgIpc) is 3.04. The smallest absolute Gasteiger partial charge is 0.339 e. The van der Waals surface area contributed by atoms with Crippen molar-refractivity contribution in [2.45, 2.75) is 32.6 Å². The molecule has 1 spiro atoms. The van der Waals surface area contributed by atoms with Gasteiger partial charge >= 0.3 is 23.9 Å². The first-order valence-electron chi connectivity index (χ1n) is 10.5. The molecule has 1 unspecified atom stereocenters. The van der Waals surface area contributed by atoms with E-state index in [1.807, 2.05) is 0 Å². The molecule has 0 aromatic heterocycles. The molecule has 2 aliphatic rings. The van der Waals surface area contributed by atoms with E-state index in [-0.39, 0.29) is 48.1 Å². The molecule has 0 aliphatic carbocycles. The maximum atomic E-state index is 13.6. The molecule has 10 heteroatoms. The number of benzene rings is 1. The van der Waals surface area contributed by atoms with E-state index in [4.69, 9.17) is 24.7 Å². The van der Waals surface area contributed by atoms with Gasteiger partial charge in [0.1, 0.15) is 29.1 Å². The highest BCUT2D eigenvalue weighted by Gasteiger charge is 2.64. The quantitative estimate of drug-likeness (QED) is 0.472. The first kappa shape index (κ1) is 23.8. The van der Waals surface area contributed by atoms with E-state index in [2.05, 4.69) is 0 Å². The van der Waals surface area contributed by atoms with Gasteiger partial charge in [-0.3, -0.25) is 4.79 Å². The van der Waals surface area contributed by atoms with Crippen LogP contribution in [0.2, 0.25) is 0 Å². The van der Waals surface area contributed by atoms with Gasteiger partial charge in [-0.2, -0.15) is 0 Å². The molecule has 0 radical (unpaired) electrons. The summed E-state index contributed by atoms with van der Waals surface area (Å²) in [5.41, 5.74) is 4.44. The van der Waals surface area contributed by atoms with Crippen LogP contribution in [0.4, 0.5) is 5.69 Å². The molecule has 2 heterocycles. The summed E-state index contributed by atoms with van der Waals surface area (Å²) in [4.78, 5) is 53.8. The molecule has 0 bridgehead atoms. The molecule has 0 saturated carbocycles. The number of hydrogen-bond acceptors (Lipinski definition) is 10. The lowest BCUT2D eigenvalue weighted by molar-refractivity contribution is -0.148. The van der Waals surface area contributed by atoms with Crippen LogP contribution in [-0.2, 0) is 43.5 Å². The number of cyclic esters (lactones) is 1. The predicted molar refractivity (Wildman–Crippen MR) is 115 cm³/mol. The molecule has 0 amide bonds. The number of para-hydroxylation sites is 1. The van der Waals surface area contributed by atoms with Crippen LogP contribution in [-0.4, -0.2) is 50.7 Å². The summed E-state index contributed by atoms with van der Waals surface area (Å²) in [6, 6.07) is 6.65. The van der Waals surface area contributed by atoms with Crippen LogP contribution < -0.4 is 10.6 Å². The molecule has 33 heavy (non-hydrogen) atoms. The summed E-state index contributed by atoms with van der Waals surface area (Å²) < 4.78 is 20.9. The highest BCUT2D eigenvalue weighted by molar-refractivity contribution is 6.16. The number of esters is 4. The molecule has 3 rings (SSSR count). The highest BCUT2D eigenvalue weighted by Crippen LogP contribution is 2.54. The molecule has 10 nitrogen and oxygen atoms in total. The SMILES string of the molecule is CCOC(=O)CC1=C(C(=O)OCC)C2(C(=O)O1)C(C(=O)OCC)=C(N)N(C)c1ccccc12. The van der Waals surface area contributed by atoms with E-state index >= 15 is 0 Å². The van der Waals surface area contributed by atoms with Crippen molar-refractivity contribution in [3.63, 3.8) is 0 Å². The Kier molecular flexibility index (Phi) is 6.75. The number of fused-ring (bicyclic) bond motifs is 2. The number of hydrogen-bond donors (Lipinski definition) is 1. The van der Waals surface area contributed by atoms with Gasteiger partial charge in [-0.05, 0) is 26.8 Å². The fourth-order valence-corrected chi connectivity index (χ4v) is 4.13. The van der Waals surface area contributed by atoms with Gasteiger partial charge in [-0.1, -0.05) is 18.2 Å². The van der Waals surface area contributed by atoms with Gasteiger partial charge in [0, 0.05) is 18.3 Å². The Labute approximate surface area is 190 Å². The predicted octanol–water partition coefficient (Wildman–Crippen LogP) is 1.43. The largest absolute Gasteiger partial charge is 0.466 e. The van der Waals surface area contributed by atoms with E-state index in [0.717, 1.165) is 0 Å². The van der Waals surface area contributed by atoms with Gasteiger partial charge in [0.25, 0.3) is 0 Å². The van der Waals surface area contributed by atoms with E-state index in [9.17, 15) is 19.2 Å². The van der Waals surface area contributed by atoms with Crippen LogP contribution in [0.5, 0.6) is 0 Å². The molecule has 1 aromatic rings. The van der Waals surface area contributed by atoms with Crippen molar-refractivity contribution in [1.29, 1.82) is 0 Å². The van der Waals surface area contributed by atoms with Crippen molar-refractivity contribution < 1.29 is 38.1 Å². The summed E-state index contributed by atoms with van der Waals surface area (Å²) in [6.07, 6.45) is -0.510. The number of anilines is 1. The fourth-order valence-electron chi connectivity index (χ4n) is 4.13. The lowest BCUT2D eigenvalue weighted by Crippen LogP contribution is -2.50. The van der Waals surface area contributed by atoms with Crippen LogP contribution in [0.25, 0.3) is 0 Å². The topological polar surface area (TPSA) is 134 Å². The number of rotatable bonds is 7. The molecule has 2 N–H and O–H groups in total. The molecule has 176 valence electrons. The third kappa shape index (κ3) is 3.71. The number of ether oxygens (including phenoxy) is 4. The third-order valence-electron chi connectivity index (χ3n) is 5.41. The van der Waals surface area contributed by atoms with Crippen LogP contribution in [0.3, 0.4) is 0 Å². The van der Waals surface area contributed by atoms with Crippen LogP contribution in [0, 0.1) is 0 Å². The third-order valence-corrected chi connectivity index (χ3v) is 5.41. The number of carbonyl (C=O) groups excluding carboxylic acids is 4. The maximum absolute atomic E-state index is 13.6. The van der Waals surface area contributed by atoms with Crippen molar-refractivity contribution in [3.05, 3.63) is 52.6 Å². The van der Waals surface area contributed by atoms with Gasteiger partial charge in [-0.15, -0.1) is 0 Å². The second kappa shape index (κ2) is 9.35. The molecular weight excluding hydrogens is 432 g/mol. The zero-order valence-corrected chi connectivity index (χ0v) is 18.9. The maximum Gasteiger partial charge on any atom is 0.339 e. The Hall–Kier alpha value is -3.82. The summed E-state index contributed by atoms with van der Waals surface area (Å²) >= 11 is 0. The van der Waals surface area contributed by atoms with Crippen LogP contribution in [0.1, 0.15) is 32.8 Å². The van der Waals surface area contributed by atoms with Crippen molar-refractivity contribution in [2.75, 3.05) is 31.8 Å². The second-order valence-corrected chi connectivity index (χ2v) is 7.20. The Morgan fingerprint density at radius 2 is 1.55 bits per heavy atom. The first-order chi connectivity index (χ1) is 15.7. The molecule has 1 aromatic carbocycles. The lowest BCUT2D eigenvalue weighted by Gasteiger charge is -2.39. The zero-order chi connectivity index (χ0) is 24.3. The minimum absolute atomic E-state index is 0.000237. The first-order valence-corrected chi connectivity index (χ1v) is 10.5. The number of nitrogens with zero attached hydrogens (tertiary/aromatic N) is 1. The monoisotopic (exact) mass is 458 g/mol. The van der Waals surface area contributed by atoms with Gasteiger partial charge in [0.2, 0.25) is 0 Å². The van der Waals surface area contributed by atoms with E-state index in [1.165, 1.54) is 4.90 Å². The van der Waals surface area contributed by atoms with Gasteiger partial charge in [-0.25, -0.2) is 14.4 Å². The van der Waals surface area contributed by atoms with E-state index in [1.54, 1.807) is 52.1 Å². The Balaban J connectivity index is 2.41. The van der Waals surface area contributed by atoms with Crippen molar-refractivity contribution >= 4 is 29.6 Å². The molecule has 0 saturated heterocycles. The van der Waals surface area contributed by atoms with Gasteiger partial charge < -0.3 is 29.6 Å². The van der Waals surface area contributed by atoms with Crippen LogP contribution >= 0.6 is 0 Å². The second-order valence-electron chi connectivity index (χ2n) is 7.20. The molecule has 2 aliphatic heterocycles. The standard InChI is InChI=1S/C23H26N2O8/c1-5-30-16(26)12-15-17(20(27)31-6-2)23(22(29)33-15)13-10-8-9-11-14(13)25(4)19(24)18(23)21(28)32-7-3/h8-11H,5-7,12,24H2,1-4H3. The van der Waals surface area contributed by atoms with E-state index < -0.39 is 35.7 Å². The zero-order valence-electron chi connectivity index (χ0n) is 18.9. The summed E-state index contributed by atoms with van der Waals surface area (Å²) in [7, 11) is 1.62. The van der Waals surface area contributed by atoms with Gasteiger partial charge in [0.05, 0.1) is 19.8 Å². The summed E-state index contributed by atoms with van der Waals surface area (Å²) in [5, 5.41) is 0. The molecule has 0 fully saturated rings. The Morgan fingerprint density at radius 3 is 2.15 bits per heavy atom. The minimum Gasteiger partial charge on any atom is -0.466 e. The summed E-state index contributed by atoms with van der Waals surface area (Å²) in [5.74, 6) is -3.84. The fraction of sp³-hybridized carbons (Fsp3) is 0.391. The minimum atomic E-state index is -2.08. The van der Waals surface area contributed by atoms with Crippen molar-refractivity contribution in [1.82, 2.24) is 0 Å². The van der Waals surface area contributed by atoms with Crippen molar-refractivity contribution in [2.24, 2.45) is 5.73 Å². The van der Waals surface area contributed by atoms with Gasteiger partial charge in [0.15, 0.2) is 5.41 Å². The Bertz CT molecular complexity index is 1070. The normalized spacial score (nSPS) is 19.4. The lowest BCUT2D eigenvalue weighted by atomic mass is 9.66. The number of nitrogens with two attached hydrogens (primary N) is 1. The average molecular weight is 458 g/mol. The van der Waals surface area contributed by atoms with Crippen LogP contribution in [0.15, 0.2) is 47.0 Å².